The first-order valence-electron chi connectivity index (χ1n) is 7.78. The molecule has 0 saturated carbocycles. The van der Waals surface area contributed by atoms with E-state index >= 15 is 0 Å². The first kappa shape index (κ1) is 14.0. The summed E-state index contributed by atoms with van der Waals surface area (Å²) in [6.07, 6.45) is 4.20. The van der Waals surface area contributed by atoms with E-state index in [9.17, 15) is 10.2 Å². The van der Waals surface area contributed by atoms with Crippen LogP contribution in [0.25, 0.3) is 5.57 Å². The third kappa shape index (κ3) is 1.75. The minimum Gasteiger partial charge on any atom is -0.506 e. The smallest absolute Gasteiger partial charge is 0.228 e. The Hall–Kier alpha value is -1.62. The van der Waals surface area contributed by atoms with E-state index in [4.69, 9.17) is 4.74 Å². The molecule has 1 aromatic carbocycles. The summed E-state index contributed by atoms with van der Waals surface area (Å²) in [5, 5.41) is 21.1. The summed E-state index contributed by atoms with van der Waals surface area (Å²) in [6.45, 7) is 1.06. The highest BCUT2D eigenvalue weighted by atomic mass is 16.6. The molecule has 0 fully saturated rings. The number of hydrogen-bond donors (Lipinski definition) is 2. The molecule has 4 heteroatoms. The number of fused-ring (bicyclic) bond motifs is 2. The molecule has 0 spiro atoms. The Balaban J connectivity index is 1.98. The third-order valence-corrected chi connectivity index (χ3v) is 5.37. The second-order valence-electron chi connectivity index (χ2n) is 6.47. The van der Waals surface area contributed by atoms with Crippen molar-refractivity contribution in [3.63, 3.8) is 0 Å². The fourth-order valence-corrected chi connectivity index (χ4v) is 4.06. The predicted octanol–water partition coefficient (Wildman–Crippen LogP) is 2.55. The number of aliphatic hydroxyl groups is 2. The lowest BCUT2D eigenvalue weighted by Crippen LogP contribution is -2.39. The molecule has 0 aromatic heterocycles. The summed E-state index contributed by atoms with van der Waals surface area (Å²) >= 11 is 0. The Labute approximate surface area is 130 Å². The molecule has 4 nitrogen and oxygen atoms in total. The predicted molar refractivity (Wildman–Crippen MR) is 84.3 cm³/mol. The number of rotatable bonds is 1. The second-order valence-corrected chi connectivity index (χ2v) is 6.47. The van der Waals surface area contributed by atoms with Crippen LogP contribution in [-0.4, -0.2) is 41.6 Å². The van der Waals surface area contributed by atoms with Crippen LogP contribution in [0.3, 0.4) is 0 Å². The molecule has 4 rings (SSSR count). The standard InChI is InChI=1S/C18H21NO3/c1-19-9-7-11-4-3-5-13-15(11)14(19)10-12-6-8-18(21,22-2)17(20)16(12)13/h3-6,14,20-21H,7-10H2,1-2H3/t14-,18?/m1/s1. The quantitative estimate of drug-likeness (QED) is 0.783. The van der Waals surface area contributed by atoms with Gasteiger partial charge in [0.05, 0.1) is 0 Å². The molecule has 0 radical (unpaired) electrons. The van der Waals surface area contributed by atoms with E-state index in [1.165, 1.54) is 18.2 Å². The number of nitrogens with zero attached hydrogens (tertiary/aromatic N) is 1. The lowest BCUT2D eigenvalue weighted by molar-refractivity contribution is -0.173. The van der Waals surface area contributed by atoms with Crippen molar-refractivity contribution in [3.05, 3.63) is 52.3 Å². The SMILES string of the molecule is COC1(O)CC=C2C[C@@H]3c4c(cccc4C2=C1O)CCN3C. The molecule has 0 bridgehead atoms. The zero-order valence-electron chi connectivity index (χ0n) is 13.0. The van der Waals surface area contributed by atoms with Crippen molar-refractivity contribution in [2.24, 2.45) is 0 Å². The highest BCUT2D eigenvalue weighted by Crippen LogP contribution is 2.50. The molecule has 1 aromatic rings. The number of methoxy groups -OCH3 is 1. The van der Waals surface area contributed by atoms with Crippen LogP contribution in [-0.2, 0) is 11.2 Å². The molecule has 0 amide bonds. The Morgan fingerprint density at radius 2 is 2.18 bits per heavy atom. The van der Waals surface area contributed by atoms with Crippen molar-refractivity contribution in [3.8, 4) is 0 Å². The van der Waals surface area contributed by atoms with Crippen molar-refractivity contribution >= 4 is 5.57 Å². The number of likely N-dealkylation sites (N-methyl/N-ethyl adjacent to an activating group) is 1. The fraction of sp³-hybridized carbons (Fsp3) is 0.444. The van der Waals surface area contributed by atoms with Gasteiger partial charge < -0.3 is 14.9 Å². The van der Waals surface area contributed by atoms with Gasteiger partial charge in [-0.25, -0.2) is 0 Å². The lowest BCUT2D eigenvalue weighted by atomic mass is 9.72. The number of benzene rings is 1. The Morgan fingerprint density at radius 1 is 1.36 bits per heavy atom. The van der Waals surface area contributed by atoms with Gasteiger partial charge in [-0.1, -0.05) is 24.3 Å². The summed E-state index contributed by atoms with van der Waals surface area (Å²) in [4.78, 5) is 2.39. The number of ether oxygens (including phenoxy) is 1. The van der Waals surface area contributed by atoms with Gasteiger partial charge in [-0.3, -0.25) is 4.90 Å². The number of hydrogen-bond acceptors (Lipinski definition) is 4. The fourth-order valence-electron chi connectivity index (χ4n) is 4.06. The maximum atomic E-state index is 10.7. The average molecular weight is 299 g/mol. The van der Waals surface area contributed by atoms with Gasteiger partial charge >= 0.3 is 0 Å². The van der Waals surface area contributed by atoms with Crippen molar-refractivity contribution < 1.29 is 14.9 Å². The van der Waals surface area contributed by atoms with Gasteiger partial charge in [0.1, 0.15) is 0 Å². The largest absolute Gasteiger partial charge is 0.506 e. The molecule has 2 aliphatic carbocycles. The highest BCUT2D eigenvalue weighted by molar-refractivity contribution is 5.86. The van der Waals surface area contributed by atoms with Gasteiger partial charge in [0.25, 0.3) is 0 Å². The molecule has 2 N–H and O–H groups in total. The first-order chi connectivity index (χ1) is 10.5. The van der Waals surface area contributed by atoms with Gasteiger partial charge in [0.2, 0.25) is 5.79 Å². The Kier molecular flexibility index (Phi) is 2.98. The molecular weight excluding hydrogens is 278 g/mol. The molecule has 116 valence electrons. The van der Waals surface area contributed by atoms with Crippen LogP contribution >= 0.6 is 0 Å². The maximum absolute atomic E-state index is 10.7. The lowest BCUT2D eigenvalue weighted by Gasteiger charge is -2.43. The van der Waals surface area contributed by atoms with Gasteiger partial charge in [-0.05, 0) is 42.2 Å². The van der Waals surface area contributed by atoms with Crippen LogP contribution < -0.4 is 0 Å². The zero-order valence-corrected chi connectivity index (χ0v) is 13.0. The van der Waals surface area contributed by atoms with E-state index in [-0.39, 0.29) is 5.76 Å². The Morgan fingerprint density at radius 3 is 2.95 bits per heavy atom. The number of allylic oxidation sites excluding steroid dienone is 1. The average Bonchev–Trinajstić information content (AvgIpc) is 2.54. The van der Waals surface area contributed by atoms with E-state index in [1.807, 2.05) is 18.2 Å². The van der Waals surface area contributed by atoms with E-state index in [0.29, 0.717) is 12.5 Å². The maximum Gasteiger partial charge on any atom is 0.228 e. The van der Waals surface area contributed by atoms with Gasteiger partial charge in [-0.2, -0.15) is 0 Å². The third-order valence-electron chi connectivity index (χ3n) is 5.37. The highest BCUT2D eigenvalue weighted by Gasteiger charge is 2.43. The zero-order chi connectivity index (χ0) is 15.5. The van der Waals surface area contributed by atoms with Gasteiger partial charge in [0.15, 0.2) is 5.76 Å². The summed E-state index contributed by atoms with van der Waals surface area (Å²) in [7, 11) is 3.59. The van der Waals surface area contributed by atoms with E-state index in [2.05, 4.69) is 18.0 Å². The summed E-state index contributed by atoms with van der Waals surface area (Å²) < 4.78 is 5.17. The minimum absolute atomic E-state index is 0.0485. The summed E-state index contributed by atoms with van der Waals surface area (Å²) in [5.41, 5.74) is 5.57. The minimum atomic E-state index is -1.60. The summed E-state index contributed by atoms with van der Waals surface area (Å²) in [6, 6.07) is 6.62. The summed E-state index contributed by atoms with van der Waals surface area (Å²) in [5.74, 6) is -1.65. The molecule has 22 heavy (non-hydrogen) atoms. The van der Waals surface area contributed by atoms with Gasteiger partial charge in [0, 0.05) is 31.7 Å². The van der Waals surface area contributed by atoms with E-state index in [1.54, 1.807) is 0 Å². The van der Waals surface area contributed by atoms with E-state index < -0.39 is 5.79 Å². The van der Waals surface area contributed by atoms with Crippen molar-refractivity contribution in [1.29, 1.82) is 0 Å². The van der Waals surface area contributed by atoms with Crippen LogP contribution in [0, 0.1) is 0 Å². The van der Waals surface area contributed by atoms with Crippen molar-refractivity contribution in [2.75, 3.05) is 20.7 Å². The monoisotopic (exact) mass is 299 g/mol. The van der Waals surface area contributed by atoms with Crippen LogP contribution in [0.4, 0.5) is 0 Å². The molecular formula is C18H21NO3. The van der Waals surface area contributed by atoms with E-state index in [0.717, 1.165) is 36.1 Å². The first-order valence-corrected chi connectivity index (χ1v) is 7.78. The molecule has 1 heterocycles. The molecule has 3 aliphatic rings. The van der Waals surface area contributed by atoms with Gasteiger partial charge in [-0.15, -0.1) is 0 Å². The van der Waals surface area contributed by atoms with Crippen LogP contribution in [0.5, 0.6) is 0 Å². The second kappa shape index (κ2) is 4.69. The molecule has 1 unspecified atom stereocenters. The van der Waals surface area contributed by atoms with Crippen molar-refractivity contribution in [2.45, 2.75) is 31.1 Å². The molecule has 1 aliphatic heterocycles. The molecule has 0 saturated heterocycles. The topological polar surface area (TPSA) is 52.9 Å². The normalized spacial score (nSPS) is 30.7. The Bertz CT molecular complexity index is 706. The van der Waals surface area contributed by atoms with Crippen LogP contribution in [0.1, 0.15) is 35.6 Å². The van der Waals surface area contributed by atoms with Crippen molar-refractivity contribution in [1.82, 2.24) is 4.90 Å². The van der Waals surface area contributed by atoms with Crippen LogP contribution in [0.15, 0.2) is 35.6 Å². The number of aliphatic hydroxyl groups excluding tert-OH is 1. The molecule has 2 atom stereocenters. The van der Waals surface area contributed by atoms with Crippen LogP contribution in [0.2, 0.25) is 0 Å².